The van der Waals surface area contributed by atoms with E-state index >= 15 is 0 Å². The summed E-state index contributed by atoms with van der Waals surface area (Å²) in [6.07, 6.45) is 1.38. The number of nitrogens with zero attached hydrogens (tertiary/aromatic N) is 5. The van der Waals surface area contributed by atoms with E-state index in [1.165, 1.54) is 53.0 Å². The van der Waals surface area contributed by atoms with E-state index in [1.54, 1.807) is 17.5 Å². The standard InChI is InChI=1S/C18H15FN6O3S/c1-23-13-7-20-25(15(13)16(27)24(2)18(23)28)8-14(26)22-17-21-12(9-29-17)10-3-5-11(19)6-4-10/h3-7,9H,8H2,1-2H3,(H,21,22,26). The number of fused-ring (bicyclic) bond motifs is 1. The number of carbonyl (C=O) groups is 1. The van der Waals surface area contributed by atoms with Gasteiger partial charge in [0.2, 0.25) is 5.91 Å². The molecule has 0 unspecified atom stereocenters. The van der Waals surface area contributed by atoms with Crippen molar-refractivity contribution in [2.45, 2.75) is 6.54 Å². The number of halogens is 1. The van der Waals surface area contributed by atoms with Gasteiger partial charge in [0.25, 0.3) is 5.56 Å². The van der Waals surface area contributed by atoms with E-state index in [0.29, 0.717) is 16.3 Å². The highest BCUT2D eigenvalue weighted by Crippen LogP contribution is 2.25. The summed E-state index contributed by atoms with van der Waals surface area (Å²) in [4.78, 5) is 41.2. The summed E-state index contributed by atoms with van der Waals surface area (Å²) in [7, 11) is 2.90. The molecule has 1 aromatic carbocycles. The zero-order valence-electron chi connectivity index (χ0n) is 15.4. The molecule has 0 atom stereocenters. The van der Waals surface area contributed by atoms with Crippen LogP contribution >= 0.6 is 11.3 Å². The fourth-order valence-corrected chi connectivity index (χ4v) is 3.65. The quantitative estimate of drug-likeness (QED) is 0.543. The van der Waals surface area contributed by atoms with Crippen LogP contribution in [-0.2, 0) is 25.4 Å². The molecule has 1 amide bonds. The number of nitrogens with one attached hydrogen (secondary N) is 1. The van der Waals surface area contributed by atoms with Crippen LogP contribution < -0.4 is 16.6 Å². The fraction of sp³-hybridized carbons (Fsp3) is 0.167. The van der Waals surface area contributed by atoms with Gasteiger partial charge in [-0.05, 0) is 24.3 Å². The molecule has 29 heavy (non-hydrogen) atoms. The lowest BCUT2D eigenvalue weighted by Crippen LogP contribution is -2.37. The predicted octanol–water partition coefficient (Wildman–Crippen LogP) is 1.33. The molecule has 9 nitrogen and oxygen atoms in total. The Kier molecular flexibility index (Phi) is 4.59. The van der Waals surface area contributed by atoms with Gasteiger partial charge < -0.3 is 5.32 Å². The van der Waals surface area contributed by atoms with Gasteiger partial charge in [0.05, 0.1) is 17.4 Å². The van der Waals surface area contributed by atoms with Crippen LogP contribution in [0.1, 0.15) is 0 Å². The number of aryl methyl sites for hydroxylation is 1. The molecule has 0 fully saturated rings. The summed E-state index contributed by atoms with van der Waals surface area (Å²) in [5.41, 5.74) is 0.850. The first-order chi connectivity index (χ1) is 13.8. The molecule has 1 N–H and O–H groups in total. The van der Waals surface area contributed by atoms with E-state index in [9.17, 15) is 18.8 Å². The van der Waals surface area contributed by atoms with E-state index in [1.807, 2.05) is 0 Å². The molecule has 148 valence electrons. The average molecular weight is 414 g/mol. The third-order valence-electron chi connectivity index (χ3n) is 4.45. The highest BCUT2D eigenvalue weighted by atomic mass is 32.1. The van der Waals surface area contributed by atoms with Crippen molar-refractivity contribution in [3.63, 3.8) is 0 Å². The lowest BCUT2D eigenvalue weighted by atomic mass is 10.2. The minimum absolute atomic E-state index is 0.163. The molecule has 4 aromatic rings. The van der Waals surface area contributed by atoms with Crippen LogP contribution in [0.15, 0.2) is 45.4 Å². The van der Waals surface area contributed by atoms with Crippen molar-refractivity contribution in [1.82, 2.24) is 23.9 Å². The topological polar surface area (TPSA) is 104 Å². The van der Waals surface area contributed by atoms with Crippen LogP contribution in [0.2, 0.25) is 0 Å². The molecular weight excluding hydrogens is 399 g/mol. The molecule has 0 radical (unpaired) electrons. The second-order valence-electron chi connectivity index (χ2n) is 6.33. The minimum Gasteiger partial charge on any atom is -0.300 e. The number of anilines is 1. The molecule has 3 aromatic heterocycles. The first-order valence-electron chi connectivity index (χ1n) is 8.48. The van der Waals surface area contributed by atoms with Crippen molar-refractivity contribution < 1.29 is 9.18 Å². The first-order valence-corrected chi connectivity index (χ1v) is 9.36. The Morgan fingerprint density at radius 2 is 1.90 bits per heavy atom. The Balaban J connectivity index is 1.56. The molecule has 0 saturated carbocycles. The smallest absolute Gasteiger partial charge is 0.300 e. The molecule has 3 heterocycles. The number of rotatable bonds is 4. The summed E-state index contributed by atoms with van der Waals surface area (Å²) in [6.45, 7) is -0.220. The predicted molar refractivity (Wildman–Crippen MR) is 106 cm³/mol. The van der Waals surface area contributed by atoms with E-state index in [2.05, 4.69) is 15.4 Å². The van der Waals surface area contributed by atoms with Gasteiger partial charge in [-0.1, -0.05) is 0 Å². The van der Waals surface area contributed by atoms with Gasteiger partial charge in [-0.2, -0.15) is 5.10 Å². The second-order valence-corrected chi connectivity index (χ2v) is 7.19. The number of thiazole rings is 1. The molecule has 4 rings (SSSR count). The van der Waals surface area contributed by atoms with Gasteiger partial charge >= 0.3 is 5.69 Å². The van der Waals surface area contributed by atoms with E-state index in [-0.39, 0.29) is 17.9 Å². The third-order valence-corrected chi connectivity index (χ3v) is 5.20. The third kappa shape index (κ3) is 3.36. The first kappa shape index (κ1) is 18.7. The van der Waals surface area contributed by atoms with Gasteiger partial charge in [0.15, 0.2) is 10.6 Å². The van der Waals surface area contributed by atoms with Gasteiger partial charge in [-0.15, -0.1) is 11.3 Å². The average Bonchev–Trinajstić information content (AvgIpc) is 3.32. The largest absolute Gasteiger partial charge is 0.331 e. The number of hydrogen-bond donors (Lipinski definition) is 1. The van der Waals surface area contributed by atoms with E-state index in [0.717, 1.165) is 10.1 Å². The Morgan fingerprint density at radius 3 is 2.62 bits per heavy atom. The molecule has 0 spiro atoms. The number of benzene rings is 1. The van der Waals surface area contributed by atoms with Crippen molar-refractivity contribution >= 4 is 33.4 Å². The maximum Gasteiger partial charge on any atom is 0.331 e. The van der Waals surface area contributed by atoms with Crippen molar-refractivity contribution in [3.8, 4) is 11.3 Å². The zero-order valence-corrected chi connectivity index (χ0v) is 16.2. The number of carbonyl (C=O) groups excluding carboxylic acids is 1. The molecule has 0 saturated heterocycles. The molecule has 0 aliphatic carbocycles. The highest BCUT2D eigenvalue weighted by Gasteiger charge is 2.16. The lowest BCUT2D eigenvalue weighted by molar-refractivity contribution is -0.116. The number of aromatic nitrogens is 5. The van der Waals surface area contributed by atoms with Gasteiger partial charge in [0, 0.05) is 25.0 Å². The van der Waals surface area contributed by atoms with Crippen molar-refractivity contribution in [2.24, 2.45) is 14.1 Å². The fourth-order valence-electron chi connectivity index (χ4n) is 2.91. The monoisotopic (exact) mass is 414 g/mol. The van der Waals surface area contributed by atoms with Crippen LogP contribution in [-0.4, -0.2) is 29.8 Å². The summed E-state index contributed by atoms with van der Waals surface area (Å²) in [6, 6.07) is 5.88. The maximum absolute atomic E-state index is 13.0. The molecule has 0 aliphatic heterocycles. The van der Waals surface area contributed by atoms with E-state index in [4.69, 9.17) is 0 Å². The molecular formula is C18H15FN6O3S. The highest BCUT2D eigenvalue weighted by molar-refractivity contribution is 7.14. The van der Waals surface area contributed by atoms with Gasteiger partial charge in [-0.25, -0.2) is 18.9 Å². The van der Waals surface area contributed by atoms with Crippen molar-refractivity contribution in [1.29, 1.82) is 0 Å². The summed E-state index contributed by atoms with van der Waals surface area (Å²) in [5, 5.41) is 8.85. The molecule has 0 aliphatic rings. The summed E-state index contributed by atoms with van der Waals surface area (Å²) in [5.74, 6) is -0.765. The van der Waals surface area contributed by atoms with Crippen molar-refractivity contribution in [2.75, 3.05) is 5.32 Å². The Morgan fingerprint density at radius 1 is 1.17 bits per heavy atom. The van der Waals surface area contributed by atoms with E-state index < -0.39 is 17.2 Å². The normalized spacial score (nSPS) is 11.1. The zero-order chi connectivity index (χ0) is 20.7. The Hall–Kier alpha value is -3.60. The summed E-state index contributed by atoms with van der Waals surface area (Å²) < 4.78 is 16.6. The SMILES string of the molecule is Cn1c(=O)c2c(cnn2CC(=O)Nc2nc(-c3ccc(F)cc3)cs2)n(C)c1=O. The second kappa shape index (κ2) is 7.09. The molecule has 11 heteroatoms. The van der Waals surface area contributed by atoms with Gasteiger partial charge in [-0.3, -0.25) is 18.7 Å². The van der Waals surface area contributed by atoms with Crippen LogP contribution in [0.25, 0.3) is 22.3 Å². The Bertz CT molecular complexity index is 1350. The maximum atomic E-state index is 13.0. The lowest BCUT2D eigenvalue weighted by Gasteiger charge is -2.06. The number of hydrogen-bond acceptors (Lipinski definition) is 6. The Labute approximate surface area is 166 Å². The van der Waals surface area contributed by atoms with Crippen LogP contribution in [0, 0.1) is 5.82 Å². The summed E-state index contributed by atoms with van der Waals surface area (Å²) >= 11 is 1.23. The number of amides is 1. The van der Waals surface area contributed by atoms with Crippen LogP contribution in [0.3, 0.4) is 0 Å². The van der Waals surface area contributed by atoms with Crippen molar-refractivity contribution in [3.05, 3.63) is 62.5 Å². The minimum atomic E-state index is -0.527. The van der Waals surface area contributed by atoms with Crippen LogP contribution in [0.4, 0.5) is 9.52 Å². The molecule has 0 bridgehead atoms. The van der Waals surface area contributed by atoms with Gasteiger partial charge in [0.1, 0.15) is 12.4 Å². The van der Waals surface area contributed by atoms with Crippen LogP contribution in [0.5, 0.6) is 0 Å².